The van der Waals surface area contributed by atoms with Crippen molar-refractivity contribution in [1.82, 2.24) is 5.32 Å². The van der Waals surface area contributed by atoms with Crippen molar-refractivity contribution in [3.63, 3.8) is 0 Å². The van der Waals surface area contributed by atoms with Gasteiger partial charge in [-0.1, -0.05) is 13.3 Å². The van der Waals surface area contributed by atoms with Gasteiger partial charge in [0.05, 0.1) is 6.61 Å². The van der Waals surface area contributed by atoms with Crippen molar-refractivity contribution < 1.29 is 9.50 Å². The van der Waals surface area contributed by atoms with Crippen LogP contribution < -0.4 is 10.2 Å². The molecule has 0 unspecified atom stereocenters. The van der Waals surface area contributed by atoms with E-state index in [0.29, 0.717) is 13.1 Å². The van der Waals surface area contributed by atoms with E-state index in [-0.39, 0.29) is 18.0 Å². The molecule has 2 N–H and O–H groups in total. The van der Waals surface area contributed by atoms with Crippen molar-refractivity contribution in [3.8, 4) is 0 Å². The third kappa shape index (κ3) is 6.44. The van der Waals surface area contributed by atoms with Crippen LogP contribution in [0, 0.1) is 5.82 Å². The van der Waals surface area contributed by atoms with Crippen LogP contribution in [0.4, 0.5) is 10.1 Å². The Morgan fingerprint density at radius 3 is 2.52 bits per heavy atom. The molecule has 1 aromatic rings. The highest BCUT2D eigenvalue weighted by molar-refractivity contribution is 5.54. The summed E-state index contributed by atoms with van der Waals surface area (Å²) in [5.74, 6) is -0.219. The number of hydrogen-bond acceptors (Lipinski definition) is 3. The number of unbranched alkanes of at least 4 members (excludes halogenated alkanes) is 1. The first-order valence-corrected chi connectivity index (χ1v) is 7.76. The summed E-state index contributed by atoms with van der Waals surface area (Å²) in [6.07, 6.45) is 2.15. The predicted molar refractivity (Wildman–Crippen MR) is 87.2 cm³/mol. The van der Waals surface area contributed by atoms with Gasteiger partial charge in [0, 0.05) is 30.9 Å². The minimum Gasteiger partial charge on any atom is -0.395 e. The zero-order chi connectivity index (χ0) is 15.9. The van der Waals surface area contributed by atoms with Gasteiger partial charge >= 0.3 is 0 Å². The molecular formula is C17H29FN2O. The van der Waals surface area contributed by atoms with Crippen LogP contribution in [0.1, 0.15) is 46.1 Å². The van der Waals surface area contributed by atoms with Crippen molar-refractivity contribution in [2.75, 3.05) is 24.6 Å². The van der Waals surface area contributed by atoms with E-state index in [9.17, 15) is 9.50 Å². The number of halogens is 1. The topological polar surface area (TPSA) is 35.5 Å². The van der Waals surface area contributed by atoms with Gasteiger partial charge in [0.15, 0.2) is 0 Å². The van der Waals surface area contributed by atoms with E-state index in [1.165, 1.54) is 6.07 Å². The van der Waals surface area contributed by atoms with E-state index in [0.717, 1.165) is 30.6 Å². The molecule has 1 rings (SSSR count). The van der Waals surface area contributed by atoms with Crippen LogP contribution in [-0.2, 0) is 6.54 Å². The minimum absolute atomic E-state index is 0.0190. The fraction of sp³-hybridized carbons (Fsp3) is 0.647. The van der Waals surface area contributed by atoms with Gasteiger partial charge < -0.3 is 15.3 Å². The second-order valence-electron chi connectivity index (χ2n) is 6.44. The maximum absolute atomic E-state index is 13.6. The molecule has 0 fully saturated rings. The Hall–Kier alpha value is -1.13. The first-order valence-electron chi connectivity index (χ1n) is 7.76. The number of nitrogens with zero attached hydrogens (tertiary/aromatic N) is 1. The summed E-state index contributed by atoms with van der Waals surface area (Å²) in [6.45, 7) is 10.6. The second kappa shape index (κ2) is 8.35. The SMILES string of the molecule is CCCCN(CCO)c1ccc(F)cc1CNC(C)(C)C. The van der Waals surface area contributed by atoms with Gasteiger partial charge in [-0.25, -0.2) is 4.39 Å². The van der Waals surface area contributed by atoms with Gasteiger partial charge in [0.2, 0.25) is 0 Å². The van der Waals surface area contributed by atoms with Crippen molar-refractivity contribution in [1.29, 1.82) is 0 Å². The van der Waals surface area contributed by atoms with Gasteiger partial charge in [-0.3, -0.25) is 0 Å². The van der Waals surface area contributed by atoms with Gasteiger partial charge in [-0.2, -0.15) is 0 Å². The van der Waals surface area contributed by atoms with E-state index in [1.54, 1.807) is 6.07 Å². The molecule has 0 bridgehead atoms. The molecule has 0 aromatic heterocycles. The minimum atomic E-state index is -0.219. The molecule has 21 heavy (non-hydrogen) atoms. The lowest BCUT2D eigenvalue weighted by molar-refractivity contribution is 0.301. The third-order valence-corrected chi connectivity index (χ3v) is 3.34. The van der Waals surface area contributed by atoms with E-state index >= 15 is 0 Å². The van der Waals surface area contributed by atoms with E-state index in [4.69, 9.17) is 0 Å². The summed E-state index contributed by atoms with van der Waals surface area (Å²) in [5, 5.41) is 12.7. The van der Waals surface area contributed by atoms with Crippen molar-refractivity contribution >= 4 is 5.69 Å². The molecule has 4 heteroatoms. The summed E-state index contributed by atoms with van der Waals surface area (Å²) in [7, 11) is 0. The Kier molecular flexibility index (Phi) is 7.12. The number of hydrogen-bond donors (Lipinski definition) is 2. The molecule has 0 amide bonds. The Bertz CT molecular complexity index is 429. The Labute approximate surface area is 128 Å². The molecule has 120 valence electrons. The zero-order valence-electron chi connectivity index (χ0n) is 13.7. The molecule has 0 saturated heterocycles. The number of aliphatic hydroxyl groups is 1. The molecule has 0 aliphatic heterocycles. The van der Waals surface area contributed by atoms with Crippen LogP contribution >= 0.6 is 0 Å². The Balaban J connectivity index is 2.96. The van der Waals surface area contributed by atoms with Crippen molar-refractivity contribution in [2.24, 2.45) is 0 Å². The molecule has 0 aliphatic rings. The van der Waals surface area contributed by atoms with Crippen molar-refractivity contribution in [2.45, 2.75) is 52.6 Å². The number of benzene rings is 1. The Morgan fingerprint density at radius 1 is 1.24 bits per heavy atom. The average Bonchev–Trinajstić information content (AvgIpc) is 2.41. The first-order chi connectivity index (χ1) is 9.87. The van der Waals surface area contributed by atoms with Crippen molar-refractivity contribution in [3.05, 3.63) is 29.6 Å². The number of rotatable bonds is 8. The lowest BCUT2D eigenvalue weighted by Gasteiger charge is -2.28. The average molecular weight is 296 g/mol. The van der Waals surface area contributed by atoms with Crippen LogP contribution in [0.2, 0.25) is 0 Å². The highest BCUT2D eigenvalue weighted by Crippen LogP contribution is 2.23. The third-order valence-electron chi connectivity index (χ3n) is 3.34. The highest BCUT2D eigenvalue weighted by Gasteiger charge is 2.14. The maximum atomic E-state index is 13.6. The summed E-state index contributed by atoms with van der Waals surface area (Å²) in [4.78, 5) is 2.14. The molecule has 0 atom stereocenters. The largest absolute Gasteiger partial charge is 0.395 e. The molecule has 0 aliphatic carbocycles. The monoisotopic (exact) mass is 296 g/mol. The predicted octanol–water partition coefficient (Wildman–Crippen LogP) is 3.31. The standard InChI is InChI=1S/C17H29FN2O/c1-5-6-9-20(10-11-21)16-8-7-15(18)12-14(16)13-19-17(2,3)4/h7-8,12,19,21H,5-6,9-11,13H2,1-4H3. The number of aliphatic hydroxyl groups excluding tert-OH is 1. The van der Waals surface area contributed by atoms with Crippen LogP contribution in [0.5, 0.6) is 0 Å². The smallest absolute Gasteiger partial charge is 0.123 e. The highest BCUT2D eigenvalue weighted by atomic mass is 19.1. The van der Waals surface area contributed by atoms with Gasteiger partial charge in [-0.15, -0.1) is 0 Å². The van der Waals surface area contributed by atoms with Gasteiger partial charge in [0.1, 0.15) is 5.82 Å². The number of anilines is 1. The van der Waals surface area contributed by atoms with Gasteiger partial charge in [0.25, 0.3) is 0 Å². The Morgan fingerprint density at radius 2 is 1.95 bits per heavy atom. The van der Waals surface area contributed by atoms with E-state index in [2.05, 4.69) is 37.9 Å². The molecular weight excluding hydrogens is 267 g/mol. The van der Waals surface area contributed by atoms with E-state index in [1.807, 2.05) is 6.07 Å². The van der Waals surface area contributed by atoms with Crippen LogP contribution in [0.25, 0.3) is 0 Å². The fourth-order valence-corrected chi connectivity index (χ4v) is 2.19. The van der Waals surface area contributed by atoms with Crippen LogP contribution in [-0.4, -0.2) is 30.3 Å². The molecule has 3 nitrogen and oxygen atoms in total. The lowest BCUT2D eigenvalue weighted by atomic mass is 10.1. The van der Waals surface area contributed by atoms with E-state index < -0.39 is 0 Å². The number of nitrogens with one attached hydrogen (secondary N) is 1. The molecule has 1 aromatic carbocycles. The molecule has 0 spiro atoms. The van der Waals surface area contributed by atoms with Gasteiger partial charge in [-0.05, 0) is 51.0 Å². The second-order valence-corrected chi connectivity index (χ2v) is 6.44. The summed E-state index contributed by atoms with van der Waals surface area (Å²) >= 11 is 0. The lowest BCUT2D eigenvalue weighted by Crippen LogP contribution is -2.36. The normalized spacial score (nSPS) is 11.7. The molecule has 0 saturated carbocycles. The zero-order valence-corrected chi connectivity index (χ0v) is 13.7. The van der Waals surface area contributed by atoms with Crippen LogP contribution in [0.3, 0.4) is 0 Å². The first kappa shape index (κ1) is 17.9. The fourth-order valence-electron chi connectivity index (χ4n) is 2.19. The van der Waals surface area contributed by atoms with Crippen LogP contribution in [0.15, 0.2) is 18.2 Å². The summed E-state index contributed by atoms with van der Waals surface area (Å²) in [5.41, 5.74) is 1.93. The summed E-state index contributed by atoms with van der Waals surface area (Å²) in [6, 6.07) is 4.90. The summed E-state index contributed by atoms with van der Waals surface area (Å²) < 4.78 is 13.6. The molecule has 0 heterocycles. The quantitative estimate of drug-likeness (QED) is 0.772. The maximum Gasteiger partial charge on any atom is 0.123 e. The molecule has 0 radical (unpaired) electrons.